The van der Waals surface area contributed by atoms with Crippen LogP contribution in [0.3, 0.4) is 0 Å². The Morgan fingerprint density at radius 2 is 1.85 bits per heavy atom. The van der Waals surface area contributed by atoms with Crippen molar-refractivity contribution in [3.8, 4) is 23.7 Å². The third-order valence-electron chi connectivity index (χ3n) is 3.29. The van der Waals surface area contributed by atoms with Crippen molar-refractivity contribution >= 4 is 11.8 Å². The number of nitrogens with one attached hydrogen (secondary N) is 2. The van der Waals surface area contributed by atoms with E-state index in [0.717, 1.165) is 0 Å². The molecule has 0 aliphatic carbocycles. The normalized spacial score (nSPS) is 11.5. The van der Waals surface area contributed by atoms with E-state index in [-0.39, 0.29) is 0 Å². The monoisotopic (exact) mass is 356 g/mol. The van der Waals surface area contributed by atoms with Gasteiger partial charge < -0.3 is 11.1 Å². The largest absolute Gasteiger partial charge is 0.338 e. The zero-order valence-corrected chi connectivity index (χ0v) is 15.4. The van der Waals surface area contributed by atoms with E-state index < -0.39 is 23.4 Å². The van der Waals surface area contributed by atoms with E-state index in [4.69, 9.17) is 10.9 Å². The number of carbonyl (C=O) groups excluding carboxylic acids is 2. The second-order valence-corrected chi connectivity index (χ2v) is 6.57. The van der Waals surface area contributed by atoms with Crippen LogP contribution < -0.4 is 16.5 Å². The van der Waals surface area contributed by atoms with Crippen LogP contribution in [0.15, 0.2) is 24.3 Å². The molecule has 1 aromatic rings. The molecule has 1 rings (SSSR count). The van der Waals surface area contributed by atoms with Crippen LogP contribution in [-0.2, 0) is 4.79 Å². The lowest BCUT2D eigenvalue weighted by Crippen LogP contribution is -2.61. The number of carbonyl (C=O) groups is 2. The van der Waals surface area contributed by atoms with Crippen molar-refractivity contribution in [3.05, 3.63) is 35.4 Å². The Morgan fingerprint density at radius 3 is 2.35 bits per heavy atom. The minimum absolute atomic E-state index is 0.342. The van der Waals surface area contributed by atoms with Crippen LogP contribution >= 0.6 is 0 Å². The van der Waals surface area contributed by atoms with E-state index in [1.807, 2.05) is 19.0 Å². The van der Waals surface area contributed by atoms with Crippen LogP contribution in [0.1, 0.15) is 29.8 Å². The molecule has 1 atom stereocenters. The Hall–Kier alpha value is -2.84. The summed E-state index contributed by atoms with van der Waals surface area (Å²) in [7, 11) is 3.85. The van der Waals surface area contributed by atoms with Gasteiger partial charge in [-0.25, -0.2) is 5.48 Å². The van der Waals surface area contributed by atoms with Gasteiger partial charge in [-0.05, 0) is 64.0 Å². The van der Waals surface area contributed by atoms with Gasteiger partial charge in [0.25, 0.3) is 11.8 Å². The summed E-state index contributed by atoms with van der Waals surface area (Å²) in [5.41, 5.74) is 7.39. The first-order valence-electron chi connectivity index (χ1n) is 7.92. The highest BCUT2D eigenvalue weighted by Crippen LogP contribution is 2.08. The summed E-state index contributed by atoms with van der Waals surface area (Å²) in [5.74, 6) is 10.0. The number of nitrogens with two attached hydrogens (primary N) is 1. The molecule has 7 heteroatoms. The van der Waals surface area contributed by atoms with Crippen molar-refractivity contribution < 1.29 is 14.8 Å². The molecule has 2 amide bonds. The second kappa shape index (κ2) is 9.59. The summed E-state index contributed by atoms with van der Waals surface area (Å²) in [6.45, 7) is 3.78. The summed E-state index contributed by atoms with van der Waals surface area (Å²) in [4.78, 5) is 25.9. The number of hydrogen-bond acceptors (Lipinski definition) is 5. The van der Waals surface area contributed by atoms with Gasteiger partial charge in [0.1, 0.15) is 6.04 Å². The van der Waals surface area contributed by atoms with Crippen LogP contribution in [0.5, 0.6) is 0 Å². The lowest BCUT2D eigenvalue weighted by Gasteiger charge is -2.29. The Kier molecular flexibility index (Phi) is 7.82. The van der Waals surface area contributed by atoms with Gasteiger partial charge in [-0.2, -0.15) is 0 Å². The Balaban J connectivity index is 2.81. The quantitative estimate of drug-likeness (QED) is 0.336. The first kappa shape index (κ1) is 21.2. The average Bonchev–Trinajstić information content (AvgIpc) is 2.57. The molecule has 0 aliphatic heterocycles. The molecule has 0 heterocycles. The third-order valence-corrected chi connectivity index (χ3v) is 3.29. The standard InChI is InChI=1S/C19H24N4O3/c1-19(2,20)16(18(25)22-26)21-17(24)15-11-9-14(10-12-15)8-6-5-7-13-23(3)4/h9-12,16,26H,13,20H2,1-4H3,(H,21,24)(H,22,25)/t16-/m1/s1. The van der Waals surface area contributed by atoms with Crippen molar-refractivity contribution in [2.45, 2.75) is 25.4 Å². The van der Waals surface area contributed by atoms with Gasteiger partial charge in [0.2, 0.25) is 0 Å². The predicted molar refractivity (Wildman–Crippen MR) is 99.1 cm³/mol. The minimum Gasteiger partial charge on any atom is -0.338 e. The molecule has 1 aromatic carbocycles. The Labute approximate surface area is 153 Å². The average molecular weight is 356 g/mol. The maximum absolute atomic E-state index is 12.3. The number of hydroxylamine groups is 1. The third kappa shape index (κ3) is 6.96. The van der Waals surface area contributed by atoms with Gasteiger partial charge in [0, 0.05) is 16.7 Å². The molecule has 26 heavy (non-hydrogen) atoms. The first-order chi connectivity index (χ1) is 12.1. The molecule has 0 aromatic heterocycles. The minimum atomic E-state index is -1.09. The van der Waals surface area contributed by atoms with Crippen LogP contribution in [0, 0.1) is 23.7 Å². The SMILES string of the molecule is CN(C)CC#CC#Cc1ccc(C(=O)N[C@H](C(=O)NO)C(C)(C)N)cc1. The molecule has 0 aliphatic rings. The van der Waals surface area contributed by atoms with Gasteiger partial charge in [-0.15, -0.1) is 0 Å². The van der Waals surface area contributed by atoms with E-state index in [1.54, 1.807) is 38.1 Å². The molecule has 0 saturated heterocycles. The lowest BCUT2D eigenvalue weighted by molar-refractivity contribution is -0.132. The fourth-order valence-corrected chi connectivity index (χ4v) is 1.92. The fraction of sp³-hybridized carbons (Fsp3) is 0.368. The van der Waals surface area contributed by atoms with Gasteiger partial charge in [0.15, 0.2) is 0 Å². The zero-order chi connectivity index (χ0) is 19.7. The Morgan fingerprint density at radius 1 is 1.23 bits per heavy atom. The van der Waals surface area contributed by atoms with E-state index >= 15 is 0 Å². The highest BCUT2D eigenvalue weighted by atomic mass is 16.5. The van der Waals surface area contributed by atoms with Crippen LogP contribution in [0.2, 0.25) is 0 Å². The number of nitrogens with zero attached hydrogens (tertiary/aromatic N) is 1. The Bertz CT molecular complexity index is 756. The second-order valence-electron chi connectivity index (χ2n) is 6.57. The van der Waals surface area contributed by atoms with E-state index in [9.17, 15) is 9.59 Å². The lowest BCUT2D eigenvalue weighted by atomic mass is 9.95. The van der Waals surface area contributed by atoms with Crippen LogP contribution in [0.25, 0.3) is 0 Å². The summed E-state index contributed by atoms with van der Waals surface area (Å²) in [6.07, 6.45) is 0. The van der Waals surface area contributed by atoms with Crippen molar-refractivity contribution in [2.24, 2.45) is 5.73 Å². The number of rotatable bonds is 5. The summed E-state index contributed by atoms with van der Waals surface area (Å²) in [5, 5.41) is 11.3. The predicted octanol–water partition coefficient (Wildman–Crippen LogP) is -0.0558. The molecule has 0 unspecified atom stereocenters. The highest BCUT2D eigenvalue weighted by molar-refractivity contribution is 5.97. The molecular weight excluding hydrogens is 332 g/mol. The molecule has 0 bridgehead atoms. The van der Waals surface area contributed by atoms with Gasteiger partial charge in [-0.1, -0.05) is 11.8 Å². The summed E-state index contributed by atoms with van der Waals surface area (Å²) in [6, 6.07) is 5.45. The molecule has 0 radical (unpaired) electrons. The number of amides is 2. The van der Waals surface area contributed by atoms with Gasteiger partial charge in [0.05, 0.1) is 6.54 Å². The van der Waals surface area contributed by atoms with E-state index in [1.165, 1.54) is 5.48 Å². The van der Waals surface area contributed by atoms with Crippen molar-refractivity contribution in [3.63, 3.8) is 0 Å². The molecule has 0 spiro atoms. The zero-order valence-electron chi connectivity index (χ0n) is 15.4. The van der Waals surface area contributed by atoms with Crippen LogP contribution in [0.4, 0.5) is 0 Å². The van der Waals surface area contributed by atoms with Gasteiger partial charge >= 0.3 is 0 Å². The smallest absolute Gasteiger partial charge is 0.267 e. The number of hydrogen-bond donors (Lipinski definition) is 4. The molecule has 5 N–H and O–H groups in total. The number of benzene rings is 1. The summed E-state index contributed by atoms with van der Waals surface area (Å²) < 4.78 is 0. The first-order valence-corrected chi connectivity index (χ1v) is 7.92. The molecule has 0 saturated carbocycles. The maximum Gasteiger partial charge on any atom is 0.267 e. The van der Waals surface area contributed by atoms with Crippen LogP contribution in [-0.4, -0.2) is 54.1 Å². The molecule has 138 valence electrons. The highest BCUT2D eigenvalue weighted by Gasteiger charge is 2.33. The molecule has 0 fully saturated rings. The maximum atomic E-state index is 12.3. The van der Waals surface area contributed by atoms with E-state index in [2.05, 4.69) is 29.0 Å². The topological polar surface area (TPSA) is 108 Å². The van der Waals surface area contributed by atoms with E-state index in [0.29, 0.717) is 17.7 Å². The molecular formula is C19H24N4O3. The van der Waals surface area contributed by atoms with Crippen molar-refractivity contribution in [1.82, 2.24) is 15.7 Å². The summed E-state index contributed by atoms with van der Waals surface area (Å²) >= 11 is 0. The molecule has 7 nitrogen and oxygen atoms in total. The van der Waals surface area contributed by atoms with Gasteiger partial charge in [-0.3, -0.25) is 19.7 Å². The van der Waals surface area contributed by atoms with Crippen molar-refractivity contribution in [1.29, 1.82) is 0 Å². The fourth-order valence-electron chi connectivity index (χ4n) is 1.92. The van der Waals surface area contributed by atoms with Crippen molar-refractivity contribution in [2.75, 3.05) is 20.6 Å².